The van der Waals surface area contributed by atoms with E-state index in [0.717, 1.165) is 5.56 Å². The number of alkyl halides is 3. The summed E-state index contributed by atoms with van der Waals surface area (Å²) in [6, 6.07) is 9.67. The highest BCUT2D eigenvalue weighted by Gasteiger charge is 2.54. The Bertz CT molecular complexity index is 629. The third-order valence-electron chi connectivity index (χ3n) is 5.06. The summed E-state index contributed by atoms with van der Waals surface area (Å²) < 4.78 is 9.84. The van der Waals surface area contributed by atoms with E-state index in [-0.39, 0.29) is 23.7 Å². The number of benzene rings is 1. The van der Waals surface area contributed by atoms with Crippen LogP contribution in [0.15, 0.2) is 30.3 Å². The van der Waals surface area contributed by atoms with Gasteiger partial charge in [0.05, 0.1) is 18.7 Å². The molecular formula is C18H26Cl3NO3Si. The second kappa shape index (κ2) is 7.88. The van der Waals surface area contributed by atoms with Crippen molar-refractivity contribution in [3.8, 4) is 0 Å². The van der Waals surface area contributed by atoms with E-state index in [9.17, 15) is 4.79 Å². The van der Waals surface area contributed by atoms with Gasteiger partial charge in [-0.05, 0) is 23.7 Å². The predicted molar refractivity (Wildman–Crippen MR) is 110 cm³/mol. The molecule has 0 N–H and O–H groups in total. The molecule has 26 heavy (non-hydrogen) atoms. The molecule has 1 amide bonds. The molecule has 1 saturated heterocycles. The molecule has 1 aliphatic rings. The Kier molecular flexibility index (Phi) is 6.62. The van der Waals surface area contributed by atoms with Crippen LogP contribution in [0.5, 0.6) is 0 Å². The number of ether oxygens (including phenoxy) is 1. The first-order chi connectivity index (χ1) is 11.8. The van der Waals surface area contributed by atoms with Crippen molar-refractivity contribution in [3.05, 3.63) is 35.9 Å². The molecule has 2 atom stereocenters. The summed E-state index contributed by atoms with van der Waals surface area (Å²) in [4.78, 5) is 14.1. The average molecular weight is 439 g/mol. The Morgan fingerprint density at radius 1 is 1.15 bits per heavy atom. The van der Waals surface area contributed by atoms with Gasteiger partial charge in [0.15, 0.2) is 8.32 Å². The Labute approximate surface area is 171 Å². The molecule has 4 nitrogen and oxygen atoms in total. The normalized spacial score (nSPS) is 20.8. The van der Waals surface area contributed by atoms with Crippen LogP contribution in [0.1, 0.15) is 32.4 Å². The van der Waals surface area contributed by atoms with E-state index in [1.54, 1.807) is 4.90 Å². The van der Waals surface area contributed by atoms with Gasteiger partial charge in [-0.3, -0.25) is 4.90 Å². The second-order valence-corrected chi connectivity index (χ2v) is 15.4. The highest BCUT2D eigenvalue weighted by atomic mass is 35.6. The summed E-state index contributed by atoms with van der Waals surface area (Å²) in [7, 11) is -1.91. The molecule has 0 spiro atoms. The van der Waals surface area contributed by atoms with Crippen LogP contribution in [-0.2, 0) is 9.16 Å². The van der Waals surface area contributed by atoms with Gasteiger partial charge in [-0.25, -0.2) is 4.79 Å². The molecule has 1 heterocycles. The van der Waals surface area contributed by atoms with Gasteiger partial charge < -0.3 is 9.16 Å². The smallest absolute Gasteiger partial charge is 0.410 e. The highest BCUT2D eigenvalue weighted by molar-refractivity contribution is 6.74. The Morgan fingerprint density at radius 2 is 1.73 bits per heavy atom. The summed E-state index contributed by atoms with van der Waals surface area (Å²) in [5.41, 5.74) is 1.04. The Balaban J connectivity index is 2.08. The van der Waals surface area contributed by atoms with Crippen LogP contribution in [0.25, 0.3) is 0 Å². The van der Waals surface area contributed by atoms with Crippen molar-refractivity contribution in [2.24, 2.45) is 0 Å². The summed E-state index contributed by atoms with van der Waals surface area (Å²) in [5.74, 6) is 0. The number of amides is 1. The Hall–Kier alpha value is -0.463. The number of rotatable bonds is 5. The number of hydrogen-bond donors (Lipinski definition) is 0. The number of carbonyl (C=O) groups is 1. The fourth-order valence-corrected chi connectivity index (χ4v) is 3.65. The van der Waals surface area contributed by atoms with Crippen molar-refractivity contribution in [1.82, 2.24) is 4.90 Å². The van der Waals surface area contributed by atoms with Crippen molar-refractivity contribution < 1.29 is 14.0 Å². The van der Waals surface area contributed by atoms with E-state index >= 15 is 0 Å². The topological polar surface area (TPSA) is 38.5 Å². The van der Waals surface area contributed by atoms with Gasteiger partial charge in [0, 0.05) is 0 Å². The van der Waals surface area contributed by atoms with Crippen LogP contribution >= 0.6 is 34.8 Å². The van der Waals surface area contributed by atoms with Crippen LogP contribution in [0.3, 0.4) is 0 Å². The standard InChI is InChI=1S/C18H26Cl3NO3Si/c1-17(2,3)26(4,5)25-11-14-15(13-9-7-6-8-10-13)22(14)16(23)24-12-18(19,20)21/h6-10,14-15H,11-12H2,1-5H3. The zero-order valence-corrected chi connectivity index (χ0v) is 19.0. The number of hydrogen-bond acceptors (Lipinski definition) is 3. The summed E-state index contributed by atoms with van der Waals surface area (Å²) in [6.07, 6.45) is -0.492. The fraction of sp³-hybridized carbons (Fsp3) is 0.611. The molecule has 2 unspecified atom stereocenters. The lowest BCUT2D eigenvalue weighted by molar-refractivity contribution is 0.126. The van der Waals surface area contributed by atoms with E-state index in [4.69, 9.17) is 44.0 Å². The summed E-state index contributed by atoms with van der Waals surface area (Å²) >= 11 is 17.0. The zero-order valence-electron chi connectivity index (χ0n) is 15.8. The number of halogens is 3. The fourth-order valence-electron chi connectivity index (χ4n) is 2.46. The molecular weight excluding hydrogens is 413 g/mol. The average Bonchev–Trinajstić information content (AvgIpc) is 3.24. The maximum atomic E-state index is 12.5. The maximum absolute atomic E-state index is 12.5. The lowest BCUT2D eigenvalue weighted by Crippen LogP contribution is -2.42. The molecule has 0 aliphatic carbocycles. The van der Waals surface area contributed by atoms with Gasteiger partial charge >= 0.3 is 6.09 Å². The molecule has 0 saturated carbocycles. The molecule has 146 valence electrons. The monoisotopic (exact) mass is 437 g/mol. The molecule has 0 radical (unpaired) electrons. The largest absolute Gasteiger partial charge is 0.445 e. The molecule has 0 bridgehead atoms. The minimum Gasteiger partial charge on any atom is -0.445 e. The van der Waals surface area contributed by atoms with Crippen LogP contribution in [0.2, 0.25) is 18.1 Å². The first-order valence-corrected chi connectivity index (χ1v) is 12.6. The van der Waals surface area contributed by atoms with E-state index in [1.165, 1.54) is 0 Å². The molecule has 1 aromatic rings. The van der Waals surface area contributed by atoms with Crippen molar-refractivity contribution in [3.63, 3.8) is 0 Å². The van der Waals surface area contributed by atoms with Crippen molar-refractivity contribution in [2.75, 3.05) is 13.2 Å². The van der Waals surface area contributed by atoms with Crippen LogP contribution in [0.4, 0.5) is 4.79 Å². The molecule has 1 fully saturated rings. The summed E-state index contributed by atoms with van der Waals surface area (Å²) in [6.45, 7) is 11.1. The molecule has 2 rings (SSSR count). The van der Waals surface area contributed by atoms with Gasteiger partial charge in [0.25, 0.3) is 0 Å². The van der Waals surface area contributed by atoms with E-state index in [2.05, 4.69) is 33.9 Å². The zero-order chi connectivity index (χ0) is 19.8. The first kappa shape index (κ1) is 21.8. The van der Waals surface area contributed by atoms with E-state index in [0.29, 0.717) is 6.61 Å². The van der Waals surface area contributed by atoms with Crippen LogP contribution in [-0.4, -0.2) is 42.4 Å². The molecule has 1 aromatic carbocycles. The van der Waals surface area contributed by atoms with Gasteiger partial charge in [0.1, 0.15) is 6.61 Å². The second-order valence-electron chi connectivity index (χ2n) is 8.07. The number of carbonyl (C=O) groups excluding carboxylic acids is 1. The minimum atomic E-state index is -1.91. The third kappa shape index (κ3) is 5.52. The van der Waals surface area contributed by atoms with Crippen molar-refractivity contribution >= 4 is 49.2 Å². The first-order valence-electron chi connectivity index (χ1n) is 8.54. The molecule has 1 aliphatic heterocycles. The molecule has 8 heteroatoms. The highest BCUT2D eigenvalue weighted by Crippen LogP contribution is 2.45. The van der Waals surface area contributed by atoms with E-state index in [1.807, 2.05) is 30.3 Å². The lowest BCUT2D eigenvalue weighted by Gasteiger charge is -2.36. The quantitative estimate of drug-likeness (QED) is 0.324. The van der Waals surface area contributed by atoms with Crippen molar-refractivity contribution in [1.29, 1.82) is 0 Å². The Morgan fingerprint density at radius 3 is 2.23 bits per heavy atom. The van der Waals surface area contributed by atoms with Crippen molar-refractivity contribution in [2.45, 2.75) is 54.8 Å². The van der Waals surface area contributed by atoms with E-state index < -0.39 is 18.2 Å². The van der Waals surface area contributed by atoms with Gasteiger partial charge in [0.2, 0.25) is 3.79 Å². The van der Waals surface area contributed by atoms with Gasteiger partial charge in [-0.1, -0.05) is 85.9 Å². The molecule has 0 aromatic heterocycles. The third-order valence-corrected chi connectivity index (χ3v) is 9.89. The lowest BCUT2D eigenvalue weighted by atomic mass is 10.1. The SMILES string of the molecule is CC(C)(C)[Si](C)(C)OCC1C(c2ccccc2)N1C(=O)OCC(Cl)(Cl)Cl. The van der Waals surface area contributed by atoms with Gasteiger partial charge in [-0.15, -0.1) is 0 Å². The van der Waals surface area contributed by atoms with Gasteiger partial charge in [-0.2, -0.15) is 0 Å². The van der Waals surface area contributed by atoms with Crippen LogP contribution < -0.4 is 0 Å². The predicted octanol–water partition coefficient (Wildman–Crippen LogP) is 5.94. The minimum absolute atomic E-state index is 0.0746. The maximum Gasteiger partial charge on any atom is 0.410 e. The summed E-state index contributed by atoms with van der Waals surface area (Å²) in [5, 5.41) is 0.102. The number of nitrogens with zero attached hydrogens (tertiary/aromatic N) is 1. The van der Waals surface area contributed by atoms with Crippen LogP contribution in [0, 0.1) is 0 Å².